The number of ketones is 1. The van der Waals surface area contributed by atoms with Gasteiger partial charge in [0.1, 0.15) is 0 Å². The highest BCUT2D eigenvalue weighted by atomic mass is 16.4. The van der Waals surface area contributed by atoms with Crippen molar-refractivity contribution in [2.75, 3.05) is 18.4 Å². The van der Waals surface area contributed by atoms with Crippen molar-refractivity contribution in [2.45, 2.75) is 12.8 Å². The number of benzene rings is 2. The summed E-state index contributed by atoms with van der Waals surface area (Å²) < 4.78 is 0. The number of anilines is 1. The Morgan fingerprint density at radius 2 is 1.48 bits per heavy atom. The summed E-state index contributed by atoms with van der Waals surface area (Å²) in [6.07, 6.45) is 0.266. The van der Waals surface area contributed by atoms with Crippen LogP contribution < -0.4 is 10.6 Å². The number of hydrogen-bond acceptors (Lipinski definition) is 4. The van der Waals surface area contributed by atoms with Crippen molar-refractivity contribution in [1.82, 2.24) is 5.32 Å². The number of rotatable bonds is 9. The predicted octanol–water partition coefficient (Wildman–Crippen LogP) is 2.58. The number of carboxylic acid groups (broad SMARTS) is 1. The van der Waals surface area contributed by atoms with Gasteiger partial charge in [0.15, 0.2) is 5.78 Å². The number of carbonyl (C=O) groups excluding carboxylic acids is 2. The van der Waals surface area contributed by atoms with Crippen molar-refractivity contribution in [3.63, 3.8) is 0 Å². The third-order valence-electron chi connectivity index (χ3n) is 3.55. The summed E-state index contributed by atoms with van der Waals surface area (Å²) in [4.78, 5) is 34.2. The Balaban J connectivity index is 1.77. The first-order valence-corrected chi connectivity index (χ1v) is 7.98. The lowest BCUT2D eigenvalue weighted by atomic mass is 10.1. The van der Waals surface area contributed by atoms with Crippen molar-refractivity contribution >= 4 is 23.3 Å². The highest BCUT2D eigenvalue weighted by Crippen LogP contribution is 2.10. The van der Waals surface area contributed by atoms with E-state index in [1.165, 1.54) is 0 Å². The molecule has 2 rings (SSSR count). The van der Waals surface area contributed by atoms with E-state index in [-0.39, 0.29) is 24.7 Å². The van der Waals surface area contributed by atoms with Crippen molar-refractivity contribution in [3.8, 4) is 0 Å². The number of carboxylic acids is 1. The first-order chi connectivity index (χ1) is 12.1. The van der Waals surface area contributed by atoms with E-state index in [9.17, 15) is 14.4 Å². The van der Waals surface area contributed by atoms with Crippen molar-refractivity contribution in [1.29, 1.82) is 0 Å². The Morgan fingerprint density at radius 3 is 2.12 bits per heavy atom. The molecule has 6 nitrogen and oxygen atoms in total. The fourth-order valence-corrected chi connectivity index (χ4v) is 2.21. The second-order valence-corrected chi connectivity index (χ2v) is 5.44. The molecule has 0 atom stereocenters. The molecule has 0 aromatic heterocycles. The van der Waals surface area contributed by atoms with E-state index in [1.807, 2.05) is 18.2 Å². The highest BCUT2D eigenvalue weighted by Gasteiger charge is 2.07. The Morgan fingerprint density at radius 1 is 0.800 bits per heavy atom. The minimum Gasteiger partial charge on any atom is -0.481 e. The molecule has 0 saturated heterocycles. The Bertz CT molecular complexity index is 727. The molecule has 2 aromatic carbocycles. The van der Waals surface area contributed by atoms with Crippen molar-refractivity contribution in [3.05, 3.63) is 65.7 Å². The van der Waals surface area contributed by atoms with E-state index in [4.69, 9.17) is 5.11 Å². The predicted molar refractivity (Wildman–Crippen MR) is 94.9 cm³/mol. The van der Waals surface area contributed by atoms with Crippen LogP contribution in [0.5, 0.6) is 0 Å². The first kappa shape index (κ1) is 18.2. The zero-order valence-corrected chi connectivity index (χ0v) is 13.7. The van der Waals surface area contributed by atoms with Gasteiger partial charge in [-0.05, 0) is 24.3 Å². The summed E-state index contributed by atoms with van der Waals surface area (Å²) in [6.45, 7) is 0.591. The lowest BCUT2D eigenvalue weighted by Crippen LogP contribution is -2.25. The van der Waals surface area contributed by atoms with E-state index in [1.54, 1.807) is 36.4 Å². The highest BCUT2D eigenvalue weighted by molar-refractivity contribution is 5.96. The molecule has 0 aliphatic heterocycles. The molecule has 0 bridgehead atoms. The average Bonchev–Trinajstić information content (AvgIpc) is 2.62. The maximum absolute atomic E-state index is 12.0. The normalized spacial score (nSPS) is 10.1. The molecule has 6 heteroatoms. The molecule has 0 fully saturated rings. The van der Waals surface area contributed by atoms with Crippen LogP contribution in [0.2, 0.25) is 0 Å². The molecule has 0 unspecified atom stereocenters. The van der Waals surface area contributed by atoms with Gasteiger partial charge in [-0.1, -0.05) is 30.3 Å². The van der Waals surface area contributed by atoms with Gasteiger partial charge in [-0.25, -0.2) is 0 Å². The molecule has 0 saturated carbocycles. The van der Waals surface area contributed by atoms with Gasteiger partial charge < -0.3 is 15.7 Å². The lowest BCUT2D eigenvalue weighted by Gasteiger charge is -2.08. The summed E-state index contributed by atoms with van der Waals surface area (Å²) >= 11 is 0. The third-order valence-corrected chi connectivity index (χ3v) is 3.55. The zero-order chi connectivity index (χ0) is 18.1. The number of hydrogen-bond donors (Lipinski definition) is 3. The van der Waals surface area contributed by atoms with Gasteiger partial charge in [-0.15, -0.1) is 0 Å². The summed E-state index contributed by atoms with van der Waals surface area (Å²) in [7, 11) is 0. The van der Waals surface area contributed by atoms with Crippen molar-refractivity contribution < 1.29 is 19.5 Å². The van der Waals surface area contributed by atoms with Gasteiger partial charge in [0.2, 0.25) is 0 Å². The van der Waals surface area contributed by atoms with E-state index >= 15 is 0 Å². The van der Waals surface area contributed by atoms with Crippen LogP contribution in [-0.2, 0) is 4.79 Å². The zero-order valence-electron chi connectivity index (χ0n) is 13.7. The molecule has 130 valence electrons. The first-order valence-electron chi connectivity index (χ1n) is 7.98. The molecule has 3 N–H and O–H groups in total. The molecule has 2 aromatic rings. The van der Waals surface area contributed by atoms with Crippen LogP contribution in [0, 0.1) is 0 Å². The number of nitrogens with one attached hydrogen (secondary N) is 2. The van der Waals surface area contributed by atoms with E-state index in [0.717, 1.165) is 5.69 Å². The molecule has 0 heterocycles. The lowest BCUT2D eigenvalue weighted by molar-refractivity contribution is -0.136. The monoisotopic (exact) mass is 340 g/mol. The van der Waals surface area contributed by atoms with Crippen LogP contribution in [0.25, 0.3) is 0 Å². The topological polar surface area (TPSA) is 95.5 Å². The summed E-state index contributed by atoms with van der Waals surface area (Å²) in [5, 5.41) is 14.2. The molecular weight excluding hydrogens is 320 g/mol. The van der Waals surface area contributed by atoms with E-state index in [0.29, 0.717) is 24.1 Å². The molecule has 25 heavy (non-hydrogen) atoms. The smallest absolute Gasteiger partial charge is 0.305 e. The standard InChI is InChI=1S/C19H20N2O4/c22-17(14-4-2-1-3-5-14)10-12-20-16-8-6-15(7-9-16)19(25)21-13-11-18(23)24/h1-9,20H,10-13H2,(H,21,25)(H,23,24). The molecule has 0 radical (unpaired) electrons. The number of carbonyl (C=O) groups is 3. The van der Waals surface area contributed by atoms with Crippen molar-refractivity contribution in [2.24, 2.45) is 0 Å². The maximum atomic E-state index is 12.0. The minimum atomic E-state index is -0.954. The van der Waals surface area contributed by atoms with E-state index in [2.05, 4.69) is 10.6 Å². The van der Waals surface area contributed by atoms with Crippen LogP contribution in [0.3, 0.4) is 0 Å². The fraction of sp³-hybridized carbons (Fsp3) is 0.211. The Labute approximate surface area is 145 Å². The van der Waals surface area contributed by atoms with Gasteiger partial charge >= 0.3 is 5.97 Å². The second-order valence-electron chi connectivity index (χ2n) is 5.44. The quantitative estimate of drug-likeness (QED) is 0.610. The molecule has 1 amide bonds. The Kier molecular flexibility index (Phi) is 6.71. The van der Waals surface area contributed by atoms with Gasteiger partial charge in [0.25, 0.3) is 5.91 Å². The van der Waals surface area contributed by atoms with Crippen LogP contribution in [0.15, 0.2) is 54.6 Å². The second kappa shape index (κ2) is 9.22. The molecule has 0 aliphatic rings. The number of aliphatic carboxylic acids is 1. The SMILES string of the molecule is O=C(O)CCNC(=O)c1ccc(NCCC(=O)c2ccccc2)cc1. The van der Waals surface area contributed by atoms with Crippen LogP contribution in [0.4, 0.5) is 5.69 Å². The molecular formula is C19H20N2O4. The summed E-state index contributed by atoms with van der Waals surface area (Å²) in [6, 6.07) is 15.9. The Hall–Kier alpha value is -3.15. The molecule has 0 aliphatic carbocycles. The minimum absolute atomic E-state index is 0.0718. The average molecular weight is 340 g/mol. The maximum Gasteiger partial charge on any atom is 0.305 e. The van der Waals surface area contributed by atoms with Crippen LogP contribution in [0.1, 0.15) is 33.6 Å². The largest absolute Gasteiger partial charge is 0.481 e. The fourth-order valence-electron chi connectivity index (χ4n) is 2.21. The van der Waals surface area contributed by atoms with Crippen LogP contribution in [-0.4, -0.2) is 35.9 Å². The summed E-state index contributed by atoms with van der Waals surface area (Å²) in [5.74, 6) is -1.19. The van der Waals surface area contributed by atoms with Gasteiger partial charge in [-0.2, -0.15) is 0 Å². The van der Waals surface area contributed by atoms with E-state index < -0.39 is 5.97 Å². The summed E-state index contributed by atoms with van der Waals surface area (Å²) in [5.41, 5.74) is 1.96. The van der Waals surface area contributed by atoms with Gasteiger partial charge in [0.05, 0.1) is 6.42 Å². The van der Waals surface area contributed by atoms with Crippen LogP contribution >= 0.6 is 0 Å². The number of Topliss-reactive ketones (excluding diaryl/α,β-unsaturated/α-hetero) is 1. The van der Waals surface area contributed by atoms with Gasteiger partial charge in [-0.3, -0.25) is 14.4 Å². The third kappa shape index (κ3) is 6.10. The number of amides is 1. The molecule has 0 spiro atoms. The van der Waals surface area contributed by atoms with Gasteiger partial charge in [0, 0.05) is 36.3 Å².